The molecule has 1 aromatic heterocycles. The van der Waals surface area contributed by atoms with Crippen molar-refractivity contribution in [3.05, 3.63) is 24.1 Å². The molecular weight excluding hydrogens is 276 g/mol. The molecule has 0 saturated heterocycles. The van der Waals surface area contributed by atoms with Gasteiger partial charge in [-0.2, -0.15) is 0 Å². The summed E-state index contributed by atoms with van der Waals surface area (Å²) in [5.74, 6) is 1.15. The van der Waals surface area contributed by atoms with Gasteiger partial charge in [0.25, 0.3) is 0 Å². The van der Waals surface area contributed by atoms with Gasteiger partial charge in [0.2, 0.25) is 5.89 Å². The number of anilines is 1. The predicted molar refractivity (Wildman–Crippen MR) is 80.4 cm³/mol. The fourth-order valence-electron chi connectivity index (χ4n) is 1.65. The fraction of sp³-hybridized carbons (Fsp3) is 0.429. The van der Waals surface area contributed by atoms with E-state index < -0.39 is 5.60 Å². The Morgan fingerprint density at radius 2 is 2.20 bits per heavy atom. The highest BCUT2D eigenvalue weighted by Crippen LogP contribution is 2.21. The van der Waals surface area contributed by atoms with Crippen LogP contribution in [0.15, 0.2) is 22.6 Å². The molecule has 108 valence electrons. The lowest BCUT2D eigenvalue weighted by Gasteiger charge is -2.19. The number of nitrogens with zero attached hydrogens (tertiary/aromatic N) is 1. The first-order valence-electron chi connectivity index (χ1n) is 6.28. The van der Waals surface area contributed by atoms with Gasteiger partial charge in [0.1, 0.15) is 11.1 Å². The van der Waals surface area contributed by atoms with Crippen LogP contribution in [0.3, 0.4) is 0 Å². The molecule has 0 atom stereocenters. The third kappa shape index (κ3) is 4.16. The molecule has 0 saturated carbocycles. The van der Waals surface area contributed by atoms with Crippen LogP contribution in [0.25, 0.3) is 11.1 Å². The number of oxazole rings is 1. The maximum atomic E-state index is 11.6. The molecule has 1 heterocycles. The maximum Gasteiger partial charge on any atom is 0.316 e. The zero-order valence-electron chi connectivity index (χ0n) is 11.8. The predicted octanol–water partition coefficient (Wildman–Crippen LogP) is 2.98. The summed E-state index contributed by atoms with van der Waals surface area (Å²) in [7, 11) is 0. The molecule has 0 amide bonds. The number of carbonyl (C=O) groups excluding carboxylic acids is 1. The number of hydrogen-bond donors (Lipinski definition) is 1. The van der Waals surface area contributed by atoms with Crippen molar-refractivity contribution < 1.29 is 13.9 Å². The molecule has 2 N–H and O–H groups in total. The molecule has 1 aromatic carbocycles. The van der Waals surface area contributed by atoms with E-state index in [1.807, 2.05) is 20.8 Å². The number of rotatable bonds is 4. The minimum absolute atomic E-state index is 0.233. The summed E-state index contributed by atoms with van der Waals surface area (Å²) in [5, 5.41) is 0. The van der Waals surface area contributed by atoms with Crippen molar-refractivity contribution in [2.45, 2.75) is 32.1 Å². The Kier molecular flexibility index (Phi) is 4.23. The first-order chi connectivity index (χ1) is 9.33. The van der Waals surface area contributed by atoms with Crippen LogP contribution in [-0.4, -0.2) is 22.3 Å². The van der Waals surface area contributed by atoms with Crippen molar-refractivity contribution in [3.8, 4) is 0 Å². The highest BCUT2D eigenvalue weighted by molar-refractivity contribution is 7.99. The van der Waals surface area contributed by atoms with Crippen LogP contribution in [0.4, 0.5) is 5.69 Å². The van der Waals surface area contributed by atoms with Gasteiger partial charge in [0.05, 0.1) is 11.5 Å². The Balaban J connectivity index is 1.88. The molecule has 2 aromatic rings. The van der Waals surface area contributed by atoms with Crippen molar-refractivity contribution in [2.75, 3.05) is 11.5 Å². The van der Waals surface area contributed by atoms with Crippen LogP contribution in [-0.2, 0) is 15.3 Å². The minimum atomic E-state index is -0.452. The lowest BCUT2D eigenvalue weighted by Crippen LogP contribution is -2.24. The number of hydrogen-bond acceptors (Lipinski definition) is 6. The van der Waals surface area contributed by atoms with Crippen molar-refractivity contribution in [1.82, 2.24) is 4.98 Å². The highest BCUT2D eigenvalue weighted by Gasteiger charge is 2.16. The van der Waals surface area contributed by atoms with Crippen molar-refractivity contribution in [1.29, 1.82) is 0 Å². The van der Waals surface area contributed by atoms with E-state index in [2.05, 4.69) is 4.98 Å². The topological polar surface area (TPSA) is 78.3 Å². The molecule has 2 rings (SSSR count). The number of carbonyl (C=O) groups is 1. The Bertz CT molecular complexity index is 616. The number of nitrogen functional groups attached to an aromatic ring is 1. The van der Waals surface area contributed by atoms with Gasteiger partial charge in [-0.3, -0.25) is 4.79 Å². The van der Waals surface area contributed by atoms with Gasteiger partial charge in [-0.1, -0.05) is 0 Å². The summed E-state index contributed by atoms with van der Waals surface area (Å²) in [4.78, 5) is 15.9. The molecule has 0 aliphatic heterocycles. The highest BCUT2D eigenvalue weighted by atomic mass is 32.2. The summed E-state index contributed by atoms with van der Waals surface area (Å²) in [6.07, 6.45) is 0. The van der Waals surface area contributed by atoms with Crippen LogP contribution >= 0.6 is 11.8 Å². The number of fused-ring (bicyclic) bond motifs is 1. The van der Waals surface area contributed by atoms with E-state index in [-0.39, 0.29) is 11.7 Å². The van der Waals surface area contributed by atoms with E-state index in [4.69, 9.17) is 14.9 Å². The standard InChI is InChI=1S/C14H18N2O3S/c1-14(2,3)19-13(17)8-20-7-12-16-10-6-9(15)4-5-11(10)18-12/h4-6H,7-8,15H2,1-3H3. The SMILES string of the molecule is CC(C)(C)OC(=O)CSCc1nc2cc(N)ccc2o1. The minimum Gasteiger partial charge on any atom is -0.459 e. The van der Waals surface area contributed by atoms with E-state index in [0.717, 1.165) is 5.52 Å². The third-order valence-electron chi connectivity index (χ3n) is 2.32. The van der Waals surface area contributed by atoms with E-state index in [9.17, 15) is 4.79 Å². The van der Waals surface area contributed by atoms with Gasteiger partial charge in [0.15, 0.2) is 5.58 Å². The number of benzene rings is 1. The molecule has 0 fully saturated rings. The molecule has 0 radical (unpaired) electrons. The smallest absolute Gasteiger partial charge is 0.316 e. The van der Waals surface area contributed by atoms with Crippen LogP contribution in [0.2, 0.25) is 0 Å². The monoisotopic (exact) mass is 294 g/mol. The quantitative estimate of drug-likeness (QED) is 0.690. The molecule has 0 bridgehead atoms. The average molecular weight is 294 g/mol. The van der Waals surface area contributed by atoms with E-state index in [0.29, 0.717) is 22.9 Å². The average Bonchev–Trinajstić information content (AvgIpc) is 2.68. The van der Waals surface area contributed by atoms with Gasteiger partial charge in [-0.25, -0.2) is 4.98 Å². The van der Waals surface area contributed by atoms with Crippen LogP contribution in [0.1, 0.15) is 26.7 Å². The van der Waals surface area contributed by atoms with Gasteiger partial charge in [-0.05, 0) is 39.0 Å². The number of esters is 1. The second-order valence-electron chi connectivity index (χ2n) is 5.41. The lowest BCUT2D eigenvalue weighted by atomic mass is 10.2. The lowest BCUT2D eigenvalue weighted by molar-refractivity contribution is -0.151. The summed E-state index contributed by atoms with van der Waals surface area (Å²) in [6, 6.07) is 5.33. The molecule has 0 aliphatic carbocycles. The summed E-state index contributed by atoms with van der Waals surface area (Å²) in [6.45, 7) is 5.54. The second kappa shape index (κ2) is 5.75. The molecule has 0 unspecified atom stereocenters. The number of ether oxygens (including phenoxy) is 1. The van der Waals surface area contributed by atoms with Gasteiger partial charge >= 0.3 is 5.97 Å². The summed E-state index contributed by atoms with van der Waals surface area (Å²) >= 11 is 1.41. The number of nitrogens with two attached hydrogens (primary N) is 1. The molecule has 6 heteroatoms. The summed E-state index contributed by atoms with van der Waals surface area (Å²) < 4.78 is 10.8. The molecule has 20 heavy (non-hydrogen) atoms. The van der Waals surface area contributed by atoms with Crippen molar-refractivity contribution in [3.63, 3.8) is 0 Å². The first-order valence-corrected chi connectivity index (χ1v) is 7.43. The normalized spacial score (nSPS) is 11.8. The maximum absolute atomic E-state index is 11.6. The zero-order chi connectivity index (χ0) is 14.8. The Morgan fingerprint density at radius 1 is 1.45 bits per heavy atom. The third-order valence-corrected chi connectivity index (χ3v) is 3.21. The van der Waals surface area contributed by atoms with Crippen molar-refractivity contribution >= 4 is 34.5 Å². The largest absolute Gasteiger partial charge is 0.459 e. The van der Waals surface area contributed by atoms with Crippen LogP contribution < -0.4 is 5.73 Å². The number of aromatic nitrogens is 1. The molecule has 5 nitrogen and oxygen atoms in total. The first kappa shape index (κ1) is 14.7. The Morgan fingerprint density at radius 3 is 2.90 bits per heavy atom. The van der Waals surface area contributed by atoms with E-state index in [1.54, 1.807) is 18.2 Å². The van der Waals surface area contributed by atoms with Gasteiger partial charge in [-0.15, -0.1) is 11.8 Å². The van der Waals surface area contributed by atoms with Gasteiger partial charge in [0, 0.05) is 5.69 Å². The number of thioether (sulfide) groups is 1. The van der Waals surface area contributed by atoms with Crippen LogP contribution in [0, 0.1) is 0 Å². The summed E-state index contributed by atoms with van der Waals surface area (Å²) in [5.41, 5.74) is 7.32. The van der Waals surface area contributed by atoms with E-state index >= 15 is 0 Å². The fourth-order valence-corrected chi connectivity index (χ4v) is 2.27. The van der Waals surface area contributed by atoms with Crippen LogP contribution in [0.5, 0.6) is 0 Å². The second-order valence-corrected chi connectivity index (χ2v) is 6.40. The molecule has 0 spiro atoms. The Hall–Kier alpha value is -1.69. The molecular formula is C14H18N2O3S. The van der Waals surface area contributed by atoms with Crippen molar-refractivity contribution in [2.24, 2.45) is 0 Å². The molecule has 0 aliphatic rings. The Labute approximate surface area is 121 Å². The zero-order valence-corrected chi connectivity index (χ0v) is 12.6. The van der Waals surface area contributed by atoms with Gasteiger partial charge < -0.3 is 14.9 Å². The van der Waals surface area contributed by atoms with E-state index in [1.165, 1.54) is 11.8 Å².